The van der Waals surface area contributed by atoms with Gasteiger partial charge in [0.2, 0.25) is 0 Å². The highest BCUT2D eigenvalue weighted by molar-refractivity contribution is 5.90. The Labute approximate surface area is 146 Å². The standard InChI is InChI=1S/C20H23NO4/c22-13-5-4-11-10-15-20(24)7-6-14(23)18-19(20,16(11)17(13)25-18)8-9-21(15)12-2-1-3-12/h4-5,12,15,18,22,24H,1-3,6-10H2/t15-,18+,19+,20-/m1/s1. The maximum Gasteiger partial charge on any atom is 0.174 e. The summed E-state index contributed by atoms with van der Waals surface area (Å²) in [4.78, 5) is 15.2. The van der Waals surface area contributed by atoms with Crippen LogP contribution in [0.5, 0.6) is 11.5 Å². The first-order chi connectivity index (χ1) is 12.1. The molecule has 1 saturated heterocycles. The molecule has 4 atom stereocenters. The molecule has 132 valence electrons. The van der Waals surface area contributed by atoms with Gasteiger partial charge in [-0.1, -0.05) is 12.5 Å². The molecule has 2 N–H and O–H groups in total. The number of carbonyl (C=O) groups excluding carboxylic acids is 1. The van der Waals surface area contributed by atoms with Crippen LogP contribution in [-0.4, -0.2) is 51.2 Å². The van der Waals surface area contributed by atoms with Crippen LogP contribution in [0.1, 0.15) is 49.7 Å². The summed E-state index contributed by atoms with van der Waals surface area (Å²) in [5.74, 6) is 0.619. The van der Waals surface area contributed by atoms with E-state index in [-0.39, 0.29) is 17.6 Å². The number of aromatic hydroxyl groups is 1. The molecule has 0 radical (unpaired) electrons. The van der Waals surface area contributed by atoms with Crippen LogP contribution < -0.4 is 4.74 Å². The average Bonchev–Trinajstić information content (AvgIpc) is 2.89. The van der Waals surface area contributed by atoms with Gasteiger partial charge in [-0.05, 0) is 50.3 Å². The van der Waals surface area contributed by atoms with Crippen LogP contribution in [-0.2, 0) is 16.6 Å². The maximum atomic E-state index is 12.7. The maximum absolute atomic E-state index is 12.7. The van der Waals surface area contributed by atoms with Crippen molar-refractivity contribution in [2.24, 2.45) is 0 Å². The Bertz CT molecular complexity index is 803. The molecule has 2 aliphatic heterocycles. The third kappa shape index (κ3) is 1.44. The molecule has 0 aromatic heterocycles. The van der Waals surface area contributed by atoms with Gasteiger partial charge in [0.05, 0.1) is 11.0 Å². The molecule has 2 heterocycles. The van der Waals surface area contributed by atoms with Crippen molar-refractivity contribution in [1.82, 2.24) is 4.90 Å². The molecule has 1 aromatic carbocycles. The SMILES string of the molecule is O=C1CC[C@@]2(O)[C@H]3Cc4ccc(O)c5c4[C@@]2(CCN3C2CCC2)[C@H]1O5. The number of hydrogen-bond donors (Lipinski definition) is 2. The summed E-state index contributed by atoms with van der Waals surface area (Å²) in [5.41, 5.74) is 0.460. The number of Topliss-reactive ketones (excluding diaryl/α,β-unsaturated/α-hetero) is 1. The van der Waals surface area contributed by atoms with Crippen LogP contribution in [0.25, 0.3) is 0 Å². The second-order valence-corrected chi connectivity index (χ2v) is 8.60. The lowest BCUT2D eigenvalue weighted by molar-refractivity contribution is -0.197. The number of rotatable bonds is 1. The highest BCUT2D eigenvalue weighted by Gasteiger charge is 2.73. The molecule has 0 unspecified atom stereocenters. The van der Waals surface area contributed by atoms with Crippen LogP contribution in [0.4, 0.5) is 0 Å². The van der Waals surface area contributed by atoms with Crippen molar-refractivity contribution in [1.29, 1.82) is 0 Å². The number of ketones is 1. The Morgan fingerprint density at radius 3 is 2.84 bits per heavy atom. The lowest BCUT2D eigenvalue weighted by atomic mass is 9.48. The summed E-state index contributed by atoms with van der Waals surface area (Å²) < 4.78 is 6.04. The molecule has 5 heteroatoms. The molecule has 2 saturated carbocycles. The van der Waals surface area contributed by atoms with Gasteiger partial charge in [0.1, 0.15) is 0 Å². The van der Waals surface area contributed by atoms with Crippen LogP contribution in [0.3, 0.4) is 0 Å². The number of nitrogens with zero attached hydrogens (tertiary/aromatic N) is 1. The smallest absolute Gasteiger partial charge is 0.174 e. The number of aliphatic hydroxyl groups is 1. The Morgan fingerprint density at radius 1 is 1.24 bits per heavy atom. The Kier molecular flexibility index (Phi) is 2.55. The van der Waals surface area contributed by atoms with Crippen LogP contribution in [0.15, 0.2) is 12.1 Å². The predicted octanol–water partition coefficient (Wildman–Crippen LogP) is 1.67. The number of piperidine rings is 1. The van der Waals surface area contributed by atoms with E-state index in [4.69, 9.17) is 4.74 Å². The molecule has 0 amide bonds. The van der Waals surface area contributed by atoms with Crippen molar-refractivity contribution in [3.63, 3.8) is 0 Å². The average molecular weight is 341 g/mol. The summed E-state index contributed by atoms with van der Waals surface area (Å²) in [6.07, 6.45) is 5.45. The van der Waals surface area contributed by atoms with E-state index in [2.05, 4.69) is 4.90 Å². The van der Waals surface area contributed by atoms with E-state index in [0.717, 1.165) is 30.5 Å². The third-order valence-electron chi connectivity index (χ3n) is 7.84. The Balaban J connectivity index is 1.61. The number of ether oxygens (including phenoxy) is 1. The van der Waals surface area contributed by atoms with Crippen molar-refractivity contribution in [3.05, 3.63) is 23.3 Å². The number of likely N-dealkylation sites (tertiary alicyclic amines) is 1. The number of carbonyl (C=O) groups is 1. The fraction of sp³-hybridized carbons (Fsp3) is 0.650. The highest BCUT2D eigenvalue weighted by Crippen LogP contribution is 2.65. The fourth-order valence-corrected chi connectivity index (χ4v) is 6.51. The van der Waals surface area contributed by atoms with Gasteiger partial charge >= 0.3 is 0 Å². The highest BCUT2D eigenvalue weighted by atomic mass is 16.5. The molecule has 1 aromatic rings. The normalized spacial score (nSPS) is 41.9. The van der Waals surface area contributed by atoms with Gasteiger partial charge in [-0.15, -0.1) is 0 Å². The molecule has 6 rings (SSSR count). The zero-order valence-electron chi connectivity index (χ0n) is 14.2. The molecule has 3 fully saturated rings. The lowest BCUT2D eigenvalue weighted by Crippen LogP contribution is -2.77. The molecule has 5 nitrogen and oxygen atoms in total. The van der Waals surface area contributed by atoms with Crippen molar-refractivity contribution < 1.29 is 19.7 Å². The number of hydrogen-bond acceptors (Lipinski definition) is 5. The van der Waals surface area contributed by atoms with E-state index in [1.54, 1.807) is 6.07 Å². The summed E-state index contributed by atoms with van der Waals surface area (Å²) in [7, 11) is 0. The van der Waals surface area contributed by atoms with Gasteiger partial charge in [-0.3, -0.25) is 9.69 Å². The first-order valence-electron chi connectivity index (χ1n) is 9.59. The lowest BCUT2D eigenvalue weighted by Gasteiger charge is -2.64. The number of phenols is 1. The van der Waals surface area contributed by atoms with Gasteiger partial charge in [0, 0.05) is 24.1 Å². The largest absolute Gasteiger partial charge is 0.504 e. The quantitative estimate of drug-likeness (QED) is 0.813. The van der Waals surface area contributed by atoms with E-state index in [1.165, 1.54) is 19.3 Å². The molecule has 2 bridgehead atoms. The third-order valence-corrected chi connectivity index (χ3v) is 7.84. The minimum Gasteiger partial charge on any atom is -0.504 e. The van der Waals surface area contributed by atoms with Crippen LogP contribution in [0, 0.1) is 0 Å². The first kappa shape index (κ1) is 14.6. The number of benzene rings is 1. The van der Waals surface area contributed by atoms with E-state index in [1.807, 2.05) is 6.07 Å². The summed E-state index contributed by atoms with van der Waals surface area (Å²) in [6.45, 7) is 0.902. The van der Waals surface area contributed by atoms with Crippen molar-refractivity contribution >= 4 is 5.78 Å². The predicted molar refractivity (Wildman–Crippen MR) is 89.8 cm³/mol. The van der Waals surface area contributed by atoms with Crippen molar-refractivity contribution in [2.75, 3.05) is 6.54 Å². The zero-order valence-corrected chi connectivity index (χ0v) is 14.2. The molecule has 25 heavy (non-hydrogen) atoms. The molecular weight excluding hydrogens is 318 g/mol. The van der Waals surface area contributed by atoms with Gasteiger partial charge in [0.15, 0.2) is 23.4 Å². The van der Waals surface area contributed by atoms with E-state index < -0.39 is 17.1 Å². The summed E-state index contributed by atoms with van der Waals surface area (Å²) >= 11 is 0. The second-order valence-electron chi connectivity index (χ2n) is 8.60. The molecule has 5 aliphatic rings. The summed E-state index contributed by atoms with van der Waals surface area (Å²) in [5, 5.41) is 22.3. The minimum atomic E-state index is -0.939. The van der Waals surface area contributed by atoms with Crippen LogP contribution >= 0.6 is 0 Å². The van der Waals surface area contributed by atoms with E-state index >= 15 is 0 Å². The van der Waals surface area contributed by atoms with E-state index in [9.17, 15) is 15.0 Å². The van der Waals surface area contributed by atoms with Gasteiger partial charge < -0.3 is 14.9 Å². The molecular formula is C20H23NO4. The van der Waals surface area contributed by atoms with Crippen molar-refractivity contribution in [3.8, 4) is 11.5 Å². The second kappa shape index (κ2) is 4.38. The van der Waals surface area contributed by atoms with E-state index in [0.29, 0.717) is 24.6 Å². The Morgan fingerprint density at radius 2 is 2.08 bits per heavy atom. The van der Waals surface area contributed by atoms with Gasteiger partial charge in [-0.2, -0.15) is 0 Å². The molecule has 1 spiro atoms. The van der Waals surface area contributed by atoms with Gasteiger partial charge in [-0.25, -0.2) is 0 Å². The summed E-state index contributed by atoms with van der Waals surface area (Å²) in [6, 6.07) is 4.27. The van der Waals surface area contributed by atoms with Crippen molar-refractivity contribution in [2.45, 2.75) is 74.1 Å². The Hall–Kier alpha value is -1.59. The molecule has 3 aliphatic carbocycles. The fourth-order valence-electron chi connectivity index (χ4n) is 6.51. The minimum absolute atomic E-state index is 0.0498. The zero-order chi connectivity index (χ0) is 17.0. The first-order valence-corrected chi connectivity index (χ1v) is 9.59. The topological polar surface area (TPSA) is 70.0 Å². The monoisotopic (exact) mass is 341 g/mol. The van der Waals surface area contributed by atoms with Crippen LogP contribution in [0.2, 0.25) is 0 Å². The number of phenolic OH excluding ortho intramolecular Hbond substituents is 1. The van der Waals surface area contributed by atoms with Gasteiger partial charge in [0.25, 0.3) is 0 Å².